The van der Waals surface area contributed by atoms with E-state index < -0.39 is 11.5 Å². The molecule has 6 heteroatoms. The topological polar surface area (TPSA) is 72.2 Å². The van der Waals surface area contributed by atoms with Gasteiger partial charge in [-0.25, -0.2) is 9.48 Å². The fourth-order valence-electron chi connectivity index (χ4n) is 1.59. The molecule has 0 saturated heterocycles. The molecule has 0 amide bonds. The maximum absolute atomic E-state index is 11.8. The highest BCUT2D eigenvalue weighted by atomic mass is 35.5. The van der Waals surface area contributed by atoms with Crippen molar-refractivity contribution in [3.63, 3.8) is 0 Å². The van der Waals surface area contributed by atoms with Crippen molar-refractivity contribution in [1.29, 1.82) is 0 Å². The standard InChI is InChI=1S/C12H9ClN2O3/c1-15-11(16)10(12(17)18)9(6-14-15)7-2-4-8(13)5-3-7/h2-6H,1H3,(H,17,18). The van der Waals surface area contributed by atoms with Gasteiger partial charge in [0.2, 0.25) is 0 Å². The molecule has 2 rings (SSSR count). The number of nitrogens with zero attached hydrogens (tertiary/aromatic N) is 2. The maximum atomic E-state index is 11.8. The molecule has 0 aliphatic rings. The highest BCUT2D eigenvalue weighted by molar-refractivity contribution is 6.30. The molecule has 1 aromatic carbocycles. The summed E-state index contributed by atoms with van der Waals surface area (Å²) in [4.78, 5) is 22.9. The highest BCUT2D eigenvalue weighted by Crippen LogP contribution is 2.22. The highest BCUT2D eigenvalue weighted by Gasteiger charge is 2.17. The monoisotopic (exact) mass is 264 g/mol. The molecule has 0 unspecified atom stereocenters. The number of carboxylic acid groups (broad SMARTS) is 1. The molecule has 0 atom stereocenters. The van der Waals surface area contributed by atoms with Crippen molar-refractivity contribution in [1.82, 2.24) is 9.78 Å². The van der Waals surface area contributed by atoms with Gasteiger partial charge in [0.15, 0.2) is 0 Å². The summed E-state index contributed by atoms with van der Waals surface area (Å²) in [5, 5.41) is 13.5. The van der Waals surface area contributed by atoms with Gasteiger partial charge in [0.25, 0.3) is 5.56 Å². The quantitative estimate of drug-likeness (QED) is 0.898. The van der Waals surface area contributed by atoms with Crippen molar-refractivity contribution < 1.29 is 9.90 Å². The van der Waals surface area contributed by atoms with Crippen LogP contribution in [0, 0.1) is 0 Å². The summed E-state index contributed by atoms with van der Waals surface area (Å²) in [6.07, 6.45) is 1.36. The van der Waals surface area contributed by atoms with Gasteiger partial charge in [-0.2, -0.15) is 5.10 Å². The Morgan fingerprint density at radius 3 is 2.50 bits per heavy atom. The third-order valence-electron chi connectivity index (χ3n) is 2.51. The molecule has 0 fully saturated rings. The molecule has 2 aromatic rings. The fraction of sp³-hybridized carbons (Fsp3) is 0.0833. The smallest absolute Gasteiger partial charge is 0.342 e. The Bertz CT molecular complexity index is 662. The van der Waals surface area contributed by atoms with Crippen LogP contribution in [0.25, 0.3) is 11.1 Å². The number of halogens is 1. The number of carboxylic acids is 1. The molecule has 0 aliphatic carbocycles. The Balaban J connectivity index is 2.72. The summed E-state index contributed by atoms with van der Waals surface area (Å²) < 4.78 is 0.989. The molecule has 92 valence electrons. The first-order valence-corrected chi connectivity index (χ1v) is 5.44. The zero-order valence-electron chi connectivity index (χ0n) is 9.42. The Morgan fingerprint density at radius 2 is 1.94 bits per heavy atom. The van der Waals surface area contributed by atoms with E-state index in [2.05, 4.69) is 5.10 Å². The number of aryl methyl sites for hydroxylation is 1. The molecule has 0 spiro atoms. The summed E-state index contributed by atoms with van der Waals surface area (Å²) in [5.74, 6) is -1.28. The van der Waals surface area contributed by atoms with Crippen LogP contribution >= 0.6 is 11.6 Å². The van der Waals surface area contributed by atoms with Gasteiger partial charge in [-0.05, 0) is 17.7 Å². The average Bonchev–Trinajstić information content (AvgIpc) is 2.33. The molecule has 0 aliphatic heterocycles. The van der Waals surface area contributed by atoms with Gasteiger partial charge in [-0.1, -0.05) is 23.7 Å². The largest absolute Gasteiger partial charge is 0.477 e. The van der Waals surface area contributed by atoms with E-state index >= 15 is 0 Å². The van der Waals surface area contributed by atoms with E-state index in [1.54, 1.807) is 24.3 Å². The second-order valence-electron chi connectivity index (χ2n) is 3.67. The minimum Gasteiger partial charge on any atom is -0.477 e. The van der Waals surface area contributed by atoms with Crippen LogP contribution in [-0.4, -0.2) is 20.9 Å². The van der Waals surface area contributed by atoms with Crippen molar-refractivity contribution in [2.45, 2.75) is 0 Å². The minimum absolute atomic E-state index is 0.280. The maximum Gasteiger partial charge on any atom is 0.342 e. The van der Waals surface area contributed by atoms with Gasteiger partial charge in [0.05, 0.1) is 6.20 Å². The molecule has 0 bridgehead atoms. The Labute approximate surface area is 107 Å². The van der Waals surface area contributed by atoms with Gasteiger partial charge < -0.3 is 5.11 Å². The van der Waals surface area contributed by atoms with Crippen LogP contribution < -0.4 is 5.56 Å². The lowest BCUT2D eigenvalue weighted by Crippen LogP contribution is -2.27. The predicted molar refractivity (Wildman–Crippen MR) is 66.9 cm³/mol. The van der Waals surface area contributed by atoms with E-state index in [0.717, 1.165) is 4.68 Å². The zero-order chi connectivity index (χ0) is 13.3. The van der Waals surface area contributed by atoms with Crippen molar-refractivity contribution in [2.24, 2.45) is 7.05 Å². The van der Waals surface area contributed by atoms with Crippen LogP contribution in [0.5, 0.6) is 0 Å². The summed E-state index contributed by atoms with van der Waals surface area (Å²) in [6, 6.07) is 6.54. The summed E-state index contributed by atoms with van der Waals surface area (Å²) >= 11 is 5.76. The molecular formula is C12H9ClN2O3. The van der Waals surface area contributed by atoms with Gasteiger partial charge in [-0.3, -0.25) is 4.79 Å². The number of carbonyl (C=O) groups is 1. The second-order valence-corrected chi connectivity index (χ2v) is 4.11. The Morgan fingerprint density at radius 1 is 1.33 bits per heavy atom. The zero-order valence-corrected chi connectivity index (χ0v) is 10.2. The first-order valence-electron chi connectivity index (χ1n) is 5.06. The number of benzene rings is 1. The molecule has 5 nitrogen and oxygen atoms in total. The second kappa shape index (κ2) is 4.62. The van der Waals surface area contributed by atoms with E-state index in [9.17, 15) is 9.59 Å². The minimum atomic E-state index is -1.28. The van der Waals surface area contributed by atoms with Crippen LogP contribution in [0.4, 0.5) is 0 Å². The van der Waals surface area contributed by atoms with E-state index in [0.29, 0.717) is 10.6 Å². The first-order chi connectivity index (χ1) is 8.50. The lowest BCUT2D eigenvalue weighted by molar-refractivity contribution is 0.0694. The average molecular weight is 265 g/mol. The number of rotatable bonds is 2. The predicted octanol–water partition coefficient (Wildman–Crippen LogP) is 1.80. The number of hydrogen-bond donors (Lipinski definition) is 1. The number of hydrogen-bond acceptors (Lipinski definition) is 3. The molecule has 1 aromatic heterocycles. The van der Waals surface area contributed by atoms with E-state index in [1.807, 2.05) is 0 Å². The third kappa shape index (κ3) is 2.12. The lowest BCUT2D eigenvalue weighted by atomic mass is 10.0. The lowest BCUT2D eigenvalue weighted by Gasteiger charge is -2.06. The van der Waals surface area contributed by atoms with Gasteiger partial charge in [0, 0.05) is 17.6 Å². The molecule has 0 saturated carbocycles. The van der Waals surface area contributed by atoms with Crippen LogP contribution in [0.15, 0.2) is 35.3 Å². The molecule has 0 radical (unpaired) electrons. The summed E-state index contributed by atoms with van der Waals surface area (Å²) in [7, 11) is 1.40. The SMILES string of the molecule is Cn1ncc(-c2ccc(Cl)cc2)c(C(=O)O)c1=O. The van der Waals surface area contributed by atoms with Gasteiger partial charge >= 0.3 is 5.97 Å². The van der Waals surface area contributed by atoms with Crippen LogP contribution in [-0.2, 0) is 7.05 Å². The van der Waals surface area contributed by atoms with E-state index in [4.69, 9.17) is 16.7 Å². The fourth-order valence-corrected chi connectivity index (χ4v) is 1.72. The van der Waals surface area contributed by atoms with Crippen molar-refractivity contribution in [3.8, 4) is 11.1 Å². The van der Waals surface area contributed by atoms with Crippen LogP contribution in [0.3, 0.4) is 0 Å². The van der Waals surface area contributed by atoms with Crippen molar-refractivity contribution in [2.75, 3.05) is 0 Å². The van der Waals surface area contributed by atoms with Crippen molar-refractivity contribution in [3.05, 3.63) is 51.4 Å². The van der Waals surface area contributed by atoms with E-state index in [-0.39, 0.29) is 11.1 Å². The summed E-state index contributed by atoms with van der Waals surface area (Å²) in [5.41, 5.74) is -0.0750. The third-order valence-corrected chi connectivity index (χ3v) is 2.76. The molecule has 1 N–H and O–H groups in total. The van der Waals surface area contributed by atoms with Gasteiger partial charge in [0.1, 0.15) is 5.56 Å². The first kappa shape index (κ1) is 12.3. The normalized spacial score (nSPS) is 10.3. The summed E-state index contributed by atoms with van der Waals surface area (Å²) in [6.45, 7) is 0. The number of aromatic nitrogens is 2. The van der Waals surface area contributed by atoms with Crippen LogP contribution in [0.1, 0.15) is 10.4 Å². The molecular weight excluding hydrogens is 256 g/mol. The Hall–Kier alpha value is -2.14. The van der Waals surface area contributed by atoms with Crippen LogP contribution in [0.2, 0.25) is 5.02 Å². The van der Waals surface area contributed by atoms with E-state index in [1.165, 1.54) is 13.2 Å². The number of aromatic carboxylic acids is 1. The Kier molecular flexibility index (Phi) is 3.16. The molecule has 18 heavy (non-hydrogen) atoms. The molecule has 1 heterocycles. The van der Waals surface area contributed by atoms with Crippen molar-refractivity contribution >= 4 is 17.6 Å². The van der Waals surface area contributed by atoms with Gasteiger partial charge in [-0.15, -0.1) is 0 Å².